The SMILES string of the molecule is CN1C(=O)C(=NC(N2CCOCC2)C(Br)(Br)CCl)N(c2ccccc2F)C1=O. The van der Waals surface area contributed by atoms with Crippen LogP contribution in [0.1, 0.15) is 0 Å². The number of carbonyl (C=O) groups is 2. The molecule has 1 aromatic carbocycles. The molecule has 0 aliphatic carbocycles. The largest absolute Gasteiger partial charge is 0.379 e. The Balaban J connectivity index is 2.09. The summed E-state index contributed by atoms with van der Waals surface area (Å²) in [5.41, 5.74) is -0.0368. The number of aliphatic imine (C=N–C) groups is 1. The van der Waals surface area contributed by atoms with Crippen molar-refractivity contribution in [2.75, 3.05) is 44.1 Å². The lowest BCUT2D eigenvalue weighted by atomic mass is 10.2. The molecule has 28 heavy (non-hydrogen) atoms. The Labute approximate surface area is 183 Å². The van der Waals surface area contributed by atoms with Crippen molar-refractivity contribution in [3.8, 4) is 0 Å². The maximum atomic E-state index is 14.4. The number of likely N-dealkylation sites (N-methyl/N-ethyl adjacent to an activating group) is 1. The predicted molar refractivity (Wildman–Crippen MR) is 112 cm³/mol. The Hall–Kier alpha value is -1.07. The average Bonchev–Trinajstić information content (AvgIpc) is 2.90. The van der Waals surface area contributed by atoms with E-state index in [0.29, 0.717) is 26.3 Å². The summed E-state index contributed by atoms with van der Waals surface area (Å²) in [6, 6.07) is 5.07. The zero-order valence-corrected chi connectivity index (χ0v) is 18.9. The van der Waals surface area contributed by atoms with Crippen molar-refractivity contribution < 1.29 is 18.7 Å². The first-order chi connectivity index (χ1) is 13.3. The highest BCUT2D eigenvalue weighted by molar-refractivity contribution is 9.25. The lowest BCUT2D eigenvalue weighted by Crippen LogP contribution is -2.51. The molecule has 152 valence electrons. The number of hydrogen-bond donors (Lipinski definition) is 0. The van der Waals surface area contributed by atoms with Crippen LogP contribution in [0.15, 0.2) is 29.3 Å². The summed E-state index contributed by atoms with van der Waals surface area (Å²) in [7, 11) is 1.34. The van der Waals surface area contributed by atoms with Crippen molar-refractivity contribution in [3.63, 3.8) is 0 Å². The number of morpholine rings is 1. The standard InChI is InChI=1S/C17H18Br2ClFN4O3/c1-23-14(26)13(25(16(23)27)12-5-3-2-4-11(12)21)22-15(17(18,19)10-20)24-6-8-28-9-7-24/h2-5,15H,6-10H2,1H3. The van der Waals surface area contributed by atoms with Crippen LogP contribution in [0.25, 0.3) is 0 Å². The van der Waals surface area contributed by atoms with Gasteiger partial charge in [-0.3, -0.25) is 14.6 Å². The van der Waals surface area contributed by atoms with Gasteiger partial charge in [-0.15, -0.1) is 11.6 Å². The maximum absolute atomic E-state index is 14.4. The van der Waals surface area contributed by atoms with E-state index < -0.39 is 27.2 Å². The predicted octanol–water partition coefficient (Wildman–Crippen LogP) is 3.01. The minimum absolute atomic E-state index is 0.0368. The fraction of sp³-hybridized carbons (Fsp3) is 0.471. The second-order valence-corrected chi connectivity index (χ2v) is 10.5. The summed E-state index contributed by atoms with van der Waals surface area (Å²) in [5.74, 6) is -1.28. The van der Waals surface area contributed by atoms with Gasteiger partial charge in [0.25, 0.3) is 5.91 Å². The van der Waals surface area contributed by atoms with Gasteiger partial charge < -0.3 is 4.74 Å². The first-order valence-corrected chi connectivity index (χ1v) is 10.6. The number of imide groups is 1. The minimum Gasteiger partial charge on any atom is -0.379 e. The van der Waals surface area contributed by atoms with E-state index in [1.54, 1.807) is 6.07 Å². The molecule has 2 aliphatic heterocycles. The number of anilines is 1. The van der Waals surface area contributed by atoms with E-state index in [-0.39, 0.29) is 17.4 Å². The number of halogens is 4. The summed E-state index contributed by atoms with van der Waals surface area (Å²) in [6.07, 6.45) is -0.638. The number of amidine groups is 1. The number of alkyl halides is 3. The number of ether oxygens (including phenoxy) is 1. The third-order valence-corrected chi connectivity index (χ3v) is 6.92. The molecule has 0 spiro atoms. The lowest BCUT2D eigenvalue weighted by Gasteiger charge is -2.38. The third-order valence-electron chi connectivity index (χ3n) is 4.47. The number of urea groups is 1. The Morgan fingerprint density at radius 3 is 2.54 bits per heavy atom. The molecule has 2 heterocycles. The van der Waals surface area contributed by atoms with E-state index in [1.807, 2.05) is 4.90 Å². The van der Waals surface area contributed by atoms with Gasteiger partial charge in [0.1, 0.15) is 15.2 Å². The van der Waals surface area contributed by atoms with Crippen molar-refractivity contribution in [1.29, 1.82) is 0 Å². The van der Waals surface area contributed by atoms with Crippen molar-refractivity contribution in [2.45, 2.75) is 9.40 Å². The van der Waals surface area contributed by atoms with Crippen molar-refractivity contribution in [2.24, 2.45) is 4.99 Å². The summed E-state index contributed by atoms with van der Waals surface area (Å²) >= 11 is 13.2. The van der Waals surface area contributed by atoms with Gasteiger partial charge in [0.15, 0.2) is 0 Å². The van der Waals surface area contributed by atoms with Crippen LogP contribution in [0.3, 0.4) is 0 Å². The van der Waals surface area contributed by atoms with E-state index in [2.05, 4.69) is 36.9 Å². The number of benzene rings is 1. The van der Waals surface area contributed by atoms with Crippen molar-refractivity contribution in [3.05, 3.63) is 30.1 Å². The number of rotatable bonds is 5. The molecule has 0 radical (unpaired) electrons. The van der Waals surface area contributed by atoms with Crippen molar-refractivity contribution >= 4 is 66.9 Å². The molecule has 1 aromatic rings. The fourth-order valence-corrected chi connectivity index (χ4v) is 3.91. The molecular weight excluding hydrogens is 522 g/mol. The minimum atomic E-state index is -0.864. The molecule has 7 nitrogen and oxygen atoms in total. The van der Waals surface area contributed by atoms with E-state index in [0.717, 1.165) is 9.80 Å². The molecule has 1 atom stereocenters. The number of hydrogen-bond acceptors (Lipinski definition) is 5. The van der Waals surface area contributed by atoms with Gasteiger partial charge in [0, 0.05) is 20.1 Å². The van der Waals surface area contributed by atoms with E-state index >= 15 is 0 Å². The Morgan fingerprint density at radius 2 is 1.93 bits per heavy atom. The number of carbonyl (C=O) groups excluding carboxylic acids is 2. The first kappa shape index (κ1) is 21.6. The zero-order chi connectivity index (χ0) is 20.5. The van der Waals surface area contributed by atoms with Crippen LogP contribution in [-0.2, 0) is 9.53 Å². The Kier molecular flexibility index (Phi) is 6.76. The maximum Gasteiger partial charge on any atom is 0.337 e. The molecule has 3 rings (SSSR count). The first-order valence-electron chi connectivity index (χ1n) is 8.48. The van der Waals surface area contributed by atoms with Gasteiger partial charge in [-0.05, 0) is 12.1 Å². The molecule has 1 unspecified atom stereocenters. The summed E-state index contributed by atoms with van der Waals surface area (Å²) in [4.78, 5) is 33.9. The highest BCUT2D eigenvalue weighted by atomic mass is 79.9. The molecule has 0 saturated carbocycles. The second-order valence-electron chi connectivity index (χ2n) is 6.30. The van der Waals surface area contributed by atoms with Crippen LogP contribution in [0.4, 0.5) is 14.9 Å². The molecule has 2 aliphatic rings. The molecule has 2 fully saturated rings. The van der Waals surface area contributed by atoms with Crippen LogP contribution >= 0.6 is 43.5 Å². The summed E-state index contributed by atoms with van der Waals surface area (Å²) in [6.45, 7) is 2.14. The van der Waals surface area contributed by atoms with E-state index in [9.17, 15) is 14.0 Å². The topological polar surface area (TPSA) is 65.5 Å². The Bertz CT molecular complexity index is 804. The van der Waals surface area contributed by atoms with Crippen LogP contribution in [0.5, 0.6) is 0 Å². The molecule has 2 saturated heterocycles. The van der Waals surface area contributed by atoms with Gasteiger partial charge in [0.05, 0.1) is 24.8 Å². The average molecular weight is 541 g/mol. The van der Waals surface area contributed by atoms with Crippen LogP contribution in [0.2, 0.25) is 0 Å². The molecule has 0 N–H and O–H groups in total. The normalized spacial score (nSPS) is 21.7. The zero-order valence-electron chi connectivity index (χ0n) is 14.9. The Morgan fingerprint density at radius 1 is 1.29 bits per heavy atom. The van der Waals surface area contributed by atoms with Gasteiger partial charge in [-0.25, -0.2) is 19.1 Å². The monoisotopic (exact) mass is 538 g/mol. The van der Waals surface area contributed by atoms with Gasteiger partial charge in [-0.2, -0.15) is 0 Å². The van der Waals surface area contributed by atoms with E-state index in [4.69, 9.17) is 16.3 Å². The summed E-state index contributed by atoms with van der Waals surface area (Å²) < 4.78 is 18.9. The number of amides is 3. The summed E-state index contributed by atoms with van der Waals surface area (Å²) in [5, 5.41) is 0. The number of para-hydroxylation sites is 1. The molecule has 3 amide bonds. The quantitative estimate of drug-likeness (QED) is 0.426. The van der Waals surface area contributed by atoms with Crippen LogP contribution in [0, 0.1) is 5.82 Å². The van der Waals surface area contributed by atoms with Gasteiger partial charge in [-0.1, -0.05) is 44.0 Å². The highest BCUT2D eigenvalue weighted by Gasteiger charge is 2.45. The van der Waals surface area contributed by atoms with Crippen molar-refractivity contribution in [1.82, 2.24) is 9.80 Å². The molecule has 0 aromatic heterocycles. The number of nitrogens with zero attached hydrogens (tertiary/aromatic N) is 4. The highest BCUT2D eigenvalue weighted by Crippen LogP contribution is 2.37. The molecular formula is C17H18Br2ClFN4O3. The third kappa shape index (κ3) is 4.11. The fourth-order valence-electron chi connectivity index (χ4n) is 2.99. The van der Waals surface area contributed by atoms with Gasteiger partial charge in [0.2, 0.25) is 5.84 Å². The van der Waals surface area contributed by atoms with Crippen LogP contribution < -0.4 is 4.90 Å². The van der Waals surface area contributed by atoms with E-state index in [1.165, 1.54) is 25.2 Å². The van der Waals surface area contributed by atoms with Crippen LogP contribution in [-0.4, -0.2) is 76.2 Å². The molecule has 11 heteroatoms. The smallest absolute Gasteiger partial charge is 0.337 e. The van der Waals surface area contributed by atoms with Gasteiger partial charge >= 0.3 is 6.03 Å². The molecule has 0 bridgehead atoms. The lowest BCUT2D eigenvalue weighted by molar-refractivity contribution is -0.119. The second kappa shape index (κ2) is 8.74.